The fraction of sp³-hybridized carbons (Fsp3) is 0.304. The van der Waals surface area contributed by atoms with E-state index in [4.69, 9.17) is 9.47 Å². The maximum Gasteiger partial charge on any atom is 0.322 e. The van der Waals surface area contributed by atoms with Gasteiger partial charge in [0.05, 0.1) is 25.9 Å². The molecule has 30 heavy (non-hydrogen) atoms. The van der Waals surface area contributed by atoms with Crippen LogP contribution in [0, 0.1) is 6.92 Å². The van der Waals surface area contributed by atoms with Crippen LogP contribution in [-0.4, -0.2) is 41.5 Å². The van der Waals surface area contributed by atoms with Gasteiger partial charge in [0.2, 0.25) is 0 Å². The summed E-state index contributed by atoms with van der Waals surface area (Å²) in [6.45, 7) is 2.68. The molecule has 0 radical (unpaired) electrons. The van der Waals surface area contributed by atoms with E-state index in [9.17, 15) is 4.79 Å². The highest BCUT2D eigenvalue weighted by atomic mass is 16.5. The number of nitrogens with zero attached hydrogens (tertiary/aromatic N) is 3. The Hall–Kier alpha value is -3.48. The number of ether oxygens (including phenoxy) is 2. The van der Waals surface area contributed by atoms with Gasteiger partial charge in [-0.1, -0.05) is 6.07 Å². The average Bonchev–Trinajstić information content (AvgIpc) is 3.42. The summed E-state index contributed by atoms with van der Waals surface area (Å²) in [7, 11) is 3.28. The van der Waals surface area contributed by atoms with Crippen molar-refractivity contribution in [2.45, 2.75) is 25.8 Å². The molecule has 2 amide bonds. The summed E-state index contributed by atoms with van der Waals surface area (Å²) in [6, 6.07) is 15.2. The minimum atomic E-state index is -0.128. The minimum Gasteiger partial charge on any atom is -0.497 e. The predicted molar refractivity (Wildman–Crippen MR) is 116 cm³/mol. The molecule has 2 heterocycles. The number of carbonyl (C=O) groups is 1. The molecule has 0 saturated carbocycles. The van der Waals surface area contributed by atoms with Gasteiger partial charge in [0.15, 0.2) is 0 Å². The first kappa shape index (κ1) is 19.8. The second kappa shape index (κ2) is 8.49. The van der Waals surface area contributed by atoms with Crippen LogP contribution in [0.15, 0.2) is 54.7 Å². The van der Waals surface area contributed by atoms with Gasteiger partial charge in [0.1, 0.15) is 11.5 Å². The molecule has 0 aliphatic carbocycles. The molecule has 7 heteroatoms. The number of aromatic nitrogens is 2. The Morgan fingerprint density at radius 3 is 2.73 bits per heavy atom. The van der Waals surface area contributed by atoms with Crippen LogP contribution in [0.5, 0.6) is 11.5 Å². The lowest BCUT2D eigenvalue weighted by atomic mass is 10.0. The molecular weight excluding hydrogens is 380 g/mol. The van der Waals surface area contributed by atoms with E-state index >= 15 is 0 Å². The van der Waals surface area contributed by atoms with E-state index in [1.54, 1.807) is 20.4 Å². The molecule has 1 atom stereocenters. The summed E-state index contributed by atoms with van der Waals surface area (Å²) < 4.78 is 12.8. The molecule has 1 aliphatic heterocycles. The van der Waals surface area contributed by atoms with Crippen molar-refractivity contribution in [1.82, 2.24) is 14.7 Å². The molecule has 4 rings (SSSR count). The van der Waals surface area contributed by atoms with Crippen molar-refractivity contribution < 1.29 is 14.3 Å². The number of aryl methyl sites for hydroxylation is 1. The Bertz CT molecular complexity index is 1050. The lowest BCUT2D eigenvalue weighted by Crippen LogP contribution is -2.34. The first-order valence-corrected chi connectivity index (χ1v) is 10.0. The van der Waals surface area contributed by atoms with Crippen LogP contribution in [0.4, 0.5) is 10.5 Å². The number of carbonyl (C=O) groups excluding carboxylic acids is 1. The van der Waals surface area contributed by atoms with Gasteiger partial charge >= 0.3 is 6.03 Å². The zero-order valence-corrected chi connectivity index (χ0v) is 17.5. The number of hydrogen-bond acceptors (Lipinski definition) is 4. The SMILES string of the molecule is COc1ccc(OC)c(C2CCCN2C(=O)Nc2cccc(-n3nccc3C)c2)c1. The quantitative estimate of drug-likeness (QED) is 0.674. The minimum absolute atomic E-state index is 0.0633. The first-order valence-electron chi connectivity index (χ1n) is 10.0. The highest BCUT2D eigenvalue weighted by molar-refractivity contribution is 5.90. The summed E-state index contributed by atoms with van der Waals surface area (Å²) in [5.74, 6) is 1.51. The number of nitrogens with one attached hydrogen (secondary N) is 1. The van der Waals surface area contributed by atoms with E-state index in [1.807, 2.05) is 65.0 Å². The maximum absolute atomic E-state index is 13.1. The normalized spacial score (nSPS) is 15.8. The Morgan fingerprint density at radius 2 is 2.00 bits per heavy atom. The fourth-order valence-electron chi connectivity index (χ4n) is 3.98. The topological polar surface area (TPSA) is 68.6 Å². The standard InChI is InChI=1S/C23H26N4O3/c1-16-11-12-24-27(16)18-7-4-6-17(14-18)25-23(28)26-13-5-8-21(26)20-15-19(29-2)9-10-22(20)30-3/h4,6-7,9-12,14-15,21H,5,8,13H2,1-3H3,(H,25,28). The fourth-order valence-corrected chi connectivity index (χ4v) is 3.98. The van der Waals surface area contributed by atoms with Gasteiger partial charge in [0.25, 0.3) is 0 Å². The third kappa shape index (κ3) is 3.83. The Kier molecular flexibility index (Phi) is 5.61. The van der Waals surface area contributed by atoms with Crippen molar-refractivity contribution in [3.63, 3.8) is 0 Å². The van der Waals surface area contributed by atoms with Crippen molar-refractivity contribution in [2.75, 3.05) is 26.1 Å². The van der Waals surface area contributed by atoms with Crippen LogP contribution in [0.3, 0.4) is 0 Å². The van der Waals surface area contributed by atoms with E-state index < -0.39 is 0 Å². The van der Waals surface area contributed by atoms with Crippen molar-refractivity contribution in [3.05, 3.63) is 66.0 Å². The molecule has 156 valence electrons. The summed E-state index contributed by atoms with van der Waals surface area (Å²) in [4.78, 5) is 15.0. The number of urea groups is 1. The second-order valence-electron chi connectivity index (χ2n) is 7.32. The number of amides is 2. The predicted octanol–water partition coefficient (Wildman–Crippen LogP) is 4.57. The van der Waals surface area contributed by atoms with E-state index in [0.717, 1.165) is 47.0 Å². The molecule has 1 aliphatic rings. The zero-order valence-electron chi connectivity index (χ0n) is 17.5. The van der Waals surface area contributed by atoms with Crippen LogP contribution >= 0.6 is 0 Å². The highest BCUT2D eigenvalue weighted by Gasteiger charge is 2.32. The molecule has 1 fully saturated rings. The summed E-state index contributed by atoms with van der Waals surface area (Å²) >= 11 is 0. The average molecular weight is 406 g/mol. The van der Waals surface area contributed by atoms with Crippen molar-refractivity contribution in [3.8, 4) is 17.2 Å². The van der Waals surface area contributed by atoms with Crippen molar-refractivity contribution >= 4 is 11.7 Å². The molecule has 1 aromatic heterocycles. The van der Waals surface area contributed by atoms with E-state index in [-0.39, 0.29) is 12.1 Å². The first-order chi connectivity index (χ1) is 14.6. The monoisotopic (exact) mass is 406 g/mol. The van der Waals surface area contributed by atoms with Gasteiger partial charge in [-0.05, 0) is 62.2 Å². The van der Waals surface area contributed by atoms with Gasteiger partial charge < -0.3 is 19.7 Å². The second-order valence-corrected chi connectivity index (χ2v) is 7.32. The van der Waals surface area contributed by atoms with Crippen molar-refractivity contribution in [1.29, 1.82) is 0 Å². The lowest BCUT2D eigenvalue weighted by molar-refractivity contribution is 0.206. The molecule has 1 saturated heterocycles. The van der Waals surface area contributed by atoms with Crippen LogP contribution < -0.4 is 14.8 Å². The van der Waals surface area contributed by atoms with Gasteiger partial charge in [-0.2, -0.15) is 5.10 Å². The number of benzene rings is 2. The van der Waals surface area contributed by atoms with Crippen LogP contribution in [0.2, 0.25) is 0 Å². The van der Waals surface area contributed by atoms with Gasteiger partial charge in [-0.15, -0.1) is 0 Å². The molecule has 0 bridgehead atoms. The lowest BCUT2D eigenvalue weighted by Gasteiger charge is -2.27. The Labute approximate surface area is 176 Å². The van der Waals surface area contributed by atoms with Crippen LogP contribution in [0.25, 0.3) is 5.69 Å². The summed E-state index contributed by atoms with van der Waals surface area (Å²) in [6.07, 6.45) is 3.57. The zero-order chi connectivity index (χ0) is 21.1. The van der Waals surface area contributed by atoms with Gasteiger partial charge in [0, 0.05) is 29.7 Å². The molecule has 0 spiro atoms. The van der Waals surface area contributed by atoms with Crippen molar-refractivity contribution in [2.24, 2.45) is 0 Å². The van der Waals surface area contributed by atoms with Crippen LogP contribution in [0.1, 0.15) is 30.1 Å². The molecule has 7 nitrogen and oxygen atoms in total. The molecule has 2 aromatic carbocycles. The third-order valence-electron chi connectivity index (χ3n) is 5.48. The molecule has 1 unspecified atom stereocenters. The number of likely N-dealkylation sites (tertiary alicyclic amines) is 1. The summed E-state index contributed by atoms with van der Waals surface area (Å²) in [5, 5.41) is 7.38. The van der Waals surface area contributed by atoms with Gasteiger partial charge in [-0.25, -0.2) is 9.48 Å². The molecule has 3 aromatic rings. The highest BCUT2D eigenvalue weighted by Crippen LogP contribution is 2.39. The summed E-state index contributed by atoms with van der Waals surface area (Å²) in [5.41, 5.74) is 3.63. The Morgan fingerprint density at radius 1 is 1.13 bits per heavy atom. The smallest absolute Gasteiger partial charge is 0.322 e. The molecular formula is C23H26N4O3. The van der Waals surface area contributed by atoms with Gasteiger partial charge in [-0.3, -0.25) is 0 Å². The molecule has 1 N–H and O–H groups in total. The maximum atomic E-state index is 13.1. The van der Waals surface area contributed by atoms with Crippen LogP contribution in [-0.2, 0) is 0 Å². The number of hydrogen-bond donors (Lipinski definition) is 1. The number of methoxy groups -OCH3 is 2. The largest absolute Gasteiger partial charge is 0.497 e. The van der Waals surface area contributed by atoms with E-state index in [1.165, 1.54) is 0 Å². The number of rotatable bonds is 5. The van der Waals surface area contributed by atoms with E-state index in [2.05, 4.69) is 10.4 Å². The van der Waals surface area contributed by atoms with E-state index in [0.29, 0.717) is 6.54 Å². The third-order valence-corrected chi connectivity index (χ3v) is 5.48. The Balaban J connectivity index is 1.56. The number of anilines is 1.